The SMILES string of the molecule is COC(C)N(C(N)=O)c1cnn2ccnc2c1. The van der Waals surface area contributed by atoms with Gasteiger partial charge in [-0.15, -0.1) is 0 Å². The van der Waals surface area contributed by atoms with E-state index in [2.05, 4.69) is 10.1 Å². The molecule has 1 atom stereocenters. The average molecular weight is 235 g/mol. The molecule has 7 nitrogen and oxygen atoms in total. The van der Waals surface area contributed by atoms with Crippen LogP contribution in [0.25, 0.3) is 5.65 Å². The van der Waals surface area contributed by atoms with Crippen molar-refractivity contribution in [3.63, 3.8) is 0 Å². The number of hydrogen-bond donors (Lipinski definition) is 1. The molecular formula is C10H13N5O2. The van der Waals surface area contributed by atoms with Gasteiger partial charge in [-0.25, -0.2) is 14.3 Å². The second-order valence-corrected chi connectivity index (χ2v) is 3.49. The zero-order chi connectivity index (χ0) is 12.4. The molecule has 90 valence electrons. The third kappa shape index (κ3) is 2.04. The van der Waals surface area contributed by atoms with Crippen LogP contribution in [0.3, 0.4) is 0 Å². The number of nitrogens with zero attached hydrogens (tertiary/aromatic N) is 4. The van der Waals surface area contributed by atoms with Crippen molar-refractivity contribution in [3.05, 3.63) is 24.7 Å². The van der Waals surface area contributed by atoms with Crippen LogP contribution in [0.15, 0.2) is 24.7 Å². The summed E-state index contributed by atoms with van der Waals surface area (Å²) in [5.74, 6) is 0. The molecule has 1 unspecified atom stereocenters. The molecule has 0 aliphatic heterocycles. The second-order valence-electron chi connectivity index (χ2n) is 3.49. The fourth-order valence-electron chi connectivity index (χ4n) is 1.55. The van der Waals surface area contributed by atoms with E-state index in [1.807, 2.05) is 0 Å². The number of carbonyl (C=O) groups is 1. The lowest BCUT2D eigenvalue weighted by atomic mass is 10.4. The highest BCUT2D eigenvalue weighted by molar-refractivity contribution is 5.91. The molecular weight excluding hydrogens is 222 g/mol. The summed E-state index contributed by atoms with van der Waals surface area (Å²) < 4.78 is 6.69. The number of ether oxygens (including phenoxy) is 1. The van der Waals surface area contributed by atoms with E-state index in [0.29, 0.717) is 11.3 Å². The highest BCUT2D eigenvalue weighted by Gasteiger charge is 2.20. The quantitative estimate of drug-likeness (QED) is 0.789. The molecule has 0 fully saturated rings. The standard InChI is InChI=1S/C10H13N5O2/c1-7(17-2)15(10(11)16)8-5-9-12-3-4-14(9)13-6-8/h3-7H,1-2H3,(H2,11,16). The summed E-state index contributed by atoms with van der Waals surface area (Å²) in [6.07, 6.45) is 4.41. The Morgan fingerprint density at radius 2 is 2.41 bits per heavy atom. The molecule has 2 amide bonds. The second kappa shape index (κ2) is 4.38. The molecule has 0 aromatic carbocycles. The van der Waals surface area contributed by atoms with Crippen LogP contribution in [0, 0.1) is 0 Å². The molecule has 0 bridgehead atoms. The Hall–Kier alpha value is -2.15. The smallest absolute Gasteiger partial charge is 0.321 e. The average Bonchev–Trinajstić information content (AvgIpc) is 2.75. The van der Waals surface area contributed by atoms with Crippen LogP contribution in [0.1, 0.15) is 6.92 Å². The zero-order valence-corrected chi connectivity index (χ0v) is 9.57. The maximum absolute atomic E-state index is 11.4. The van der Waals surface area contributed by atoms with E-state index in [9.17, 15) is 4.79 Å². The molecule has 2 rings (SSSR count). The fourth-order valence-corrected chi connectivity index (χ4v) is 1.55. The highest BCUT2D eigenvalue weighted by Crippen LogP contribution is 2.17. The highest BCUT2D eigenvalue weighted by atomic mass is 16.5. The summed E-state index contributed by atoms with van der Waals surface area (Å²) in [6.45, 7) is 1.72. The fraction of sp³-hybridized carbons (Fsp3) is 0.300. The van der Waals surface area contributed by atoms with Crippen molar-refractivity contribution < 1.29 is 9.53 Å². The Morgan fingerprint density at radius 3 is 3.06 bits per heavy atom. The molecule has 2 aromatic heterocycles. The monoisotopic (exact) mass is 235 g/mol. The molecule has 0 saturated heterocycles. The van der Waals surface area contributed by atoms with E-state index in [1.54, 1.807) is 29.9 Å². The summed E-state index contributed by atoms with van der Waals surface area (Å²) in [6, 6.07) is 1.12. The van der Waals surface area contributed by atoms with Crippen LogP contribution in [0.4, 0.5) is 10.5 Å². The van der Waals surface area contributed by atoms with Gasteiger partial charge in [0.15, 0.2) is 5.65 Å². The van der Waals surface area contributed by atoms with Gasteiger partial charge >= 0.3 is 6.03 Å². The van der Waals surface area contributed by atoms with Gasteiger partial charge in [0.1, 0.15) is 6.23 Å². The van der Waals surface area contributed by atoms with E-state index < -0.39 is 12.3 Å². The van der Waals surface area contributed by atoms with E-state index in [-0.39, 0.29) is 0 Å². The lowest BCUT2D eigenvalue weighted by Crippen LogP contribution is -2.43. The van der Waals surface area contributed by atoms with Crippen LogP contribution >= 0.6 is 0 Å². The summed E-state index contributed by atoms with van der Waals surface area (Å²) in [7, 11) is 1.50. The van der Waals surface area contributed by atoms with Crippen molar-refractivity contribution in [1.82, 2.24) is 14.6 Å². The number of aromatic nitrogens is 3. The van der Waals surface area contributed by atoms with Crippen molar-refractivity contribution in [1.29, 1.82) is 0 Å². The van der Waals surface area contributed by atoms with Crippen molar-refractivity contribution in [3.8, 4) is 0 Å². The third-order valence-corrected chi connectivity index (χ3v) is 2.46. The molecule has 0 aliphatic carbocycles. The van der Waals surface area contributed by atoms with E-state index in [4.69, 9.17) is 10.5 Å². The van der Waals surface area contributed by atoms with Gasteiger partial charge in [-0.2, -0.15) is 5.10 Å². The topological polar surface area (TPSA) is 85.8 Å². The van der Waals surface area contributed by atoms with Crippen LogP contribution in [-0.4, -0.2) is 34.0 Å². The molecule has 0 spiro atoms. The number of imidazole rings is 1. The molecule has 0 aliphatic rings. The summed E-state index contributed by atoms with van der Waals surface area (Å²) in [5.41, 5.74) is 6.50. The predicted octanol–water partition coefficient (Wildman–Crippen LogP) is 0.607. The first-order chi connectivity index (χ1) is 8.13. The number of amides is 2. The first-order valence-electron chi connectivity index (χ1n) is 5.04. The van der Waals surface area contributed by atoms with Gasteiger partial charge in [-0.05, 0) is 6.92 Å². The van der Waals surface area contributed by atoms with E-state index >= 15 is 0 Å². The molecule has 2 heterocycles. The summed E-state index contributed by atoms with van der Waals surface area (Å²) in [5, 5.41) is 4.11. The number of urea groups is 1. The van der Waals surface area contributed by atoms with Gasteiger partial charge in [0.25, 0.3) is 0 Å². The molecule has 0 saturated carbocycles. The zero-order valence-electron chi connectivity index (χ0n) is 9.57. The number of methoxy groups -OCH3 is 1. The Kier molecular flexibility index (Phi) is 2.92. The molecule has 7 heteroatoms. The Bertz CT molecular complexity index is 538. The first kappa shape index (κ1) is 11.3. The minimum Gasteiger partial charge on any atom is -0.361 e. The third-order valence-electron chi connectivity index (χ3n) is 2.46. The van der Waals surface area contributed by atoms with Crippen molar-refractivity contribution in [2.75, 3.05) is 12.0 Å². The maximum Gasteiger partial charge on any atom is 0.321 e. The van der Waals surface area contributed by atoms with Crippen LogP contribution in [0.2, 0.25) is 0 Å². The Labute approximate surface area is 97.8 Å². The van der Waals surface area contributed by atoms with E-state index in [0.717, 1.165) is 0 Å². The maximum atomic E-state index is 11.4. The number of hydrogen-bond acceptors (Lipinski definition) is 4. The number of fused-ring (bicyclic) bond motifs is 1. The number of carbonyl (C=O) groups excluding carboxylic acids is 1. The van der Waals surface area contributed by atoms with Crippen LogP contribution < -0.4 is 10.6 Å². The predicted molar refractivity (Wildman–Crippen MR) is 61.5 cm³/mol. The Balaban J connectivity index is 2.44. The van der Waals surface area contributed by atoms with Gasteiger partial charge in [-0.3, -0.25) is 4.90 Å². The summed E-state index contributed by atoms with van der Waals surface area (Å²) >= 11 is 0. The van der Waals surface area contributed by atoms with Gasteiger partial charge in [0.05, 0.1) is 11.9 Å². The lowest BCUT2D eigenvalue weighted by Gasteiger charge is -2.25. The van der Waals surface area contributed by atoms with Gasteiger partial charge in [-0.1, -0.05) is 0 Å². The normalized spacial score (nSPS) is 12.6. The largest absolute Gasteiger partial charge is 0.361 e. The number of rotatable bonds is 3. The lowest BCUT2D eigenvalue weighted by molar-refractivity contribution is 0.119. The minimum atomic E-state index is -0.600. The van der Waals surface area contributed by atoms with E-state index in [1.165, 1.54) is 18.2 Å². The number of nitrogens with two attached hydrogens (primary N) is 1. The van der Waals surface area contributed by atoms with Gasteiger partial charge in [0, 0.05) is 25.6 Å². The summed E-state index contributed by atoms with van der Waals surface area (Å²) in [4.78, 5) is 16.8. The first-order valence-corrected chi connectivity index (χ1v) is 5.04. The van der Waals surface area contributed by atoms with Crippen LogP contribution in [0.5, 0.6) is 0 Å². The van der Waals surface area contributed by atoms with Gasteiger partial charge < -0.3 is 10.5 Å². The van der Waals surface area contributed by atoms with Crippen molar-refractivity contribution >= 4 is 17.4 Å². The van der Waals surface area contributed by atoms with Crippen molar-refractivity contribution in [2.24, 2.45) is 5.73 Å². The molecule has 17 heavy (non-hydrogen) atoms. The minimum absolute atomic E-state index is 0.466. The van der Waals surface area contributed by atoms with Gasteiger partial charge in [0.2, 0.25) is 0 Å². The molecule has 2 aromatic rings. The van der Waals surface area contributed by atoms with Crippen LogP contribution in [-0.2, 0) is 4.74 Å². The Morgan fingerprint density at radius 1 is 1.65 bits per heavy atom. The van der Waals surface area contributed by atoms with Crippen molar-refractivity contribution in [2.45, 2.75) is 13.2 Å². The molecule has 2 N–H and O–H groups in total. The number of primary amides is 1. The number of anilines is 1. The molecule has 0 radical (unpaired) electrons.